The van der Waals surface area contributed by atoms with E-state index in [4.69, 9.17) is 27.6 Å². The molecule has 1 heterocycles. The van der Waals surface area contributed by atoms with Gasteiger partial charge in [0.05, 0.1) is 17.8 Å². The highest BCUT2D eigenvalue weighted by molar-refractivity contribution is 6.36. The number of halogens is 2. The number of hydrogen-bond donors (Lipinski definition) is 1. The molecule has 0 aliphatic carbocycles. The fraction of sp³-hybridized carbons (Fsp3) is 0.227. The van der Waals surface area contributed by atoms with Gasteiger partial charge in [0.1, 0.15) is 0 Å². The zero-order valence-electron chi connectivity index (χ0n) is 16.6. The van der Waals surface area contributed by atoms with Crippen LogP contribution in [0.4, 0.5) is 5.69 Å². The molecule has 30 heavy (non-hydrogen) atoms. The molecule has 0 bridgehead atoms. The maximum atomic E-state index is 12.4. The number of carbonyl (C=O) groups is 2. The average molecular weight is 446 g/mol. The summed E-state index contributed by atoms with van der Waals surface area (Å²) >= 11 is 12.1. The number of rotatable bonds is 7. The van der Waals surface area contributed by atoms with E-state index < -0.39 is 0 Å². The molecular weight excluding hydrogens is 425 g/mol. The SMILES string of the molecule is Cc1ccc(NC(=O)CN(C)C(=O)CCc2ncc(-c3ccc(Cl)cc3Cl)o2)cc1. The molecule has 2 amide bonds. The van der Waals surface area contributed by atoms with Crippen LogP contribution in [-0.4, -0.2) is 35.3 Å². The summed E-state index contributed by atoms with van der Waals surface area (Å²) in [4.78, 5) is 30.1. The molecule has 0 spiro atoms. The van der Waals surface area contributed by atoms with Crippen molar-refractivity contribution >= 4 is 40.7 Å². The number of benzene rings is 2. The number of oxazole rings is 1. The largest absolute Gasteiger partial charge is 0.441 e. The molecule has 0 atom stereocenters. The number of nitrogens with one attached hydrogen (secondary N) is 1. The van der Waals surface area contributed by atoms with Crippen LogP contribution in [-0.2, 0) is 16.0 Å². The third-order valence-corrected chi connectivity index (χ3v) is 4.99. The molecule has 0 aliphatic rings. The minimum Gasteiger partial charge on any atom is -0.441 e. The second-order valence-electron chi connectivity index (χ2n) is 6.91. The number of aromatic nitrogens is 1. The zero-order chi connectivity index (χ0) is 21.7. The van der Waals surface area contributed by atoms with Crippen molar-refractivity contribution in [3.05, 3.63) is 70.2 Å². The summed E-state index contributed by atoms with van der Waals surface area (Å²) in [5.41, 5.74) is 2.48. The van der Waals surface area contributed by atoms with Crippen LogP contribution >= 0.6 is 23.2 Å². The van der Waals surface area contributed by atoms with Crippen molar-refractivity contribution in [3.8, 4) is 11.3 Å². The van der Waals surface area contributed by atoms with Crippen LogP contribution in [0, 0.1) is 6.92 Å². The van der Waals surface area contributed by atoms with E-state index in [0.717, 1.165) is 5.56 Å². The van der Waals surface area contributed by atoms with Crippen LogP contribution in [0.2, 0.25) is 10.0 Å². The van der Waals surface area contributed by atoms with Crippen molar-refractivity contribution < 1.29 is 14.0 Å². The molecule has 156 valence electrons. The fourth-order valence-corrected chi connectivity index (χ4v) is 3.29. The highest BCUT2D eigenvalue weighted by Gasteiger charge is 2.16. The molecule has 0 saturated heterocycles. The Bertz CT molecular complexity index is 1050. The molecule has 0 radical (unpaired) electrons. The number of anilines is 1. The third-order valence-electron chi connectivity index (χ3n) is 4.44. The summed E-state index contributed by atoms with van der Waals surface area (Å²) in [5, 5.41) is 3.76. The number of nitrogens with zero attached hydrogens (tertiary/aromatic N) is 2. The Labute approximate surface area is 184 Å². The maximum absolute atomic E-state index is 12.4. The lowest BCUT2D eigenvalue weighted by Gasteiger charge is -2.16. The van der Waals surface area contributed by atoms with Gasteiger partial charge in [0.2, 0.25) is 11.8 Å². The molecule has 1 aromatic heterocycles. The second kappa shape index (κ2) is 9.78. The first-order valence-electron chi connectivity index (χ1n) is 9.32. The quantitative estimate of drug-likeness (QED) is 0.555. The van der Waals surface area contributed by atoms with Crippen molar-refractivity contribution in [2.45, 2.75) is 19.8 Å². The van der Waals surface area contributed by atoms with Crippen LogP contribution < -0.4 is 5.32 Å². The molecule has 6 nitrogen and oxygen atoms in total. The van der Waals surface area contributed by atoms with Gasteiger partial charge >= 0.3 is 0 Å². The van der Waals surface area contributed by atoms with Gasteiger partial charge in [-0.2, -0.15) is 0 Å². The zero-order valence-corrected chi connectivity index (χ0v) is 18.1. The summed E-state index contributed by atoms with van der Waals surface area (Å²) < 4.78 is 5.70. The summed E-state index contributed by atoms with van der Waals surface area (Å²) in [6.07, 6.45) is 2.05. The highest BCUT2D eigenvalue weighted by atomic mass is 35.5. The molecule has 0 fully saturated rings. The highest BCUT2D eigenvalue weighted by Crippen LogP contribution is 2.30. The van der Waals surface area contributed by atoms with Crippen molar-refractivity contribution in [2.75, 3.05) is 18.9 Å². The van der Waals surface area contributed by atoms with E-state index in [1.165, 1.54) is 4.90 Å². The number of carbonyl (C=O) groups excluding carboxylic acids is 2. The van der Waals surface area contributed by atoms with E-state index >= 15 is 0 Å². The van der Waals surface area contributed by atoms with Crippen LogP contribution in [0.5, 0.6) is 0 Å². The predicted octanol–water partition coefficient (Wildman–Crippen LogP) is 4.99. The minimum absolute atomic E-state index is 0.0378. The Morgan fingerprint density at radius 3 is 2.57 bits per heavy atom. The minimum atomic E-state index is -0.259. The molecular formula is C22H21Cl2N3O3. The molecule has 8 heteroatoms. The van der Waals surface area contributed by atoms with E-state index in [-0.39, 0.29) is 24.8 Å². The van der Waals surface area contributed by atoms with Crippen LogP contribution in [0.25, 0.3) is 11.3 Å². The van der Waals surface area contributed by atoms with Crippen LogP contribution in [0.1, 0.15) is 17.9 Å². The van der Waals surface area contributed by atoms with Gasteiger partial charge in [-0.3, -0.25) is 9.59 Å². The first kappa shape index (κ1) is 21.9. The Kier molecular flexibility index (Phi) is 7.13. The van der Waals surface area contributed by atoms with Gasteiger partial charge in [-0.1, -0.05) is 40.9 Å². The topological polar surface area (TPSA) is 75.4 Å². The first-order valence-corrected chi connectivity index (χ1v) is 10.1. The Hall–Kier alpha value is -2.83. The number of aryl methyl sites for hydroxylation is 2. The fourth-order valence-electron chi connectivity index (χ4n) is 2.79. The van der Waals surface area contributed by atoms with Gasteiger partial charge in [-0.25, -0.2) is 4.98 Å². The van der Waals surface area contributed by atoms with Gasteiger partial charge in [0.15, 0.2) is 11.7 Å². The lowest BCUT2D eigenvalue weighted by molar-refractivity contribution is -0.133. The first-order chi connectivity index (χ1) is 14.3. The van der Waals surface area contributed by atoms with Crippen molar-refractivity contribution in [3.63, 3.8) is 0 Å². The van der Waals surface area contributed by atoms with Gasteiger partial charge in [0, 0.05) is 36.2 Å². The Morgan fingerprint density at radius 2 is 1.87 bits per heavy atom. The van der Waals surface area contributed by atoms with E-state index in [2.05, 4.69) is 10.3 Å². The smallest absolute Gasteiger partial charge is 0.243 e. The van der Waals surface area contributed by atoms with Crippen LogP contribution in [0.3, 0.4) is 0 Å². The summed E-state index contributed by atoms with van der Waals surface area (Å²) in [7, 11) is 1.59. The summed E-state index contributed by atoms with van der Waals surface area (Å²) in [6, 6.07) is 12.6. The average Bonchev–Trinajstić information content (AvgIpc) is 3.16. The normalized spacial score (nSPS) is 10.7. The van der Waals surface area contributed by atoms with Gasteiger partial charge in [-0.05, 0) is 37.3 Å². The number of likely N-dealkylation sites (N-methyl/N-ethyl adjacent to an activating group) is 1. The maximum Gasteiger partial charge on any atom is 0.243 e. The summed E-state index contributed by atoms with van der Waals surface area (Å²) in [6.45, 7) is 1.93. The van der Waals surface area contributed by atoms with E-state index in [1.54, 1.807) is 31.4 Å². The molecule has 2 aromatic carbocycles. The molecule has 1 N–H and O–H groups in total. The third kappa shape index (κ3) is 5.84. The lowest BCUT2D eigenvalue weighted by atomic mass is 10.2. The summed E-state index contributed by atoms with van der Waals surface area (Å²) in [5.74, 6) is 0.482. The molecule has 0 saturated carbocycles. The Morgan fingerprint density at radius 1 is 1.13 bits per heavy atom. The molecule has 3 rings (SSSR count). The number of hydrogen-bond acceptors (Lipinski definition) is 4. The number of amides is 2. The van der Waals surface area contributed by atoms with Gasteiger partial charge in [0.25, 0.3) is 0 Å². The molecule has 3 aromatic rings. The van der Waals surface area contributed by atoms with Gasteiger partial charge < -0.3 is 14.6 Å². The predicted molar refractivity (Wildman–Crippen MR) is 118 cm³/mol. The van der Waals surface area contributed by atoms with Crippen molar-refractivity contribution in [1.82, 2.24) is 9.88 Å². The molecule has 0 aliphatic heterocycles. The van der Waals surface area contributed by atoms with E-state index in [1.807, 2.05) is 31.2 Å². The standard InChI is InChI=1S/C22H21Cl2N3O3/c1-14-3-6-16(7-4-14)26-20(28)13-27(2)22(29)10-9-21-25-12-19(30-21)17-8-5-15(23)11-18(17)24/h3-8,11-12H,9-10,13H2,1-2H3,(H,26,28). The van der Waals surface area contributed by atoms with Crippen LogP contribution in [0.15, 0.2) is 53.1 Å². The molecule has 0 unspecified atom stereocenters. The van der Waals surface area contributed by atoms with Crippen molar-refractivity contribution in [2.24, 2.45) is 0 Å². The monoisotopic (exact) mass is 445 g/mol. The van der Waals surface area contributed by atoms with E-state index in [9.17, 15) is 9.59 Å². The Balaban J connectivity index is 1.50. The lowest BCUT2D eigenvalue weighted by Crippen LogP contribution is -2.35. The van der Waals surface area contributed by atoms with E-state index in [0.29, 0.717) is 39.4 Å². The van der Waals surface area contributed by atoms with Gasteiger partial charge in [-0.15, -0.1) is 0 Å². The van der Waals surface area contributed by atoms with Crippen molar-refractivity contribution in [1.29, 1.82) is 0 Å². The second-order valence-corrected chi connectivity index (χ2v) is 7.75.